The number of hydrogen-bond donors (Lipinski definition) is 1. The van der Waals surface area contributed by atoms with E-state index in [1.54, 1.807) is 0 Å². The van der Waals surface area contributed by atoms with Crippen molar-refractivity contribution in [1.29, 1.82) is 0 Å². The molecule has 92 valence electrons. The molecule has 1 aliphatic heterocycles. The third kappa shape index (κ3) is 2.02. The molecule has 2 aliphatic carbocycles. The van der Waals surface area contributed by atoms with Crippen molar-refractivity contribution >= 4 is 0 Å². The topological polar surface area (TPSA) is 23.5 Å². The quantitative estimate of drug-likeness (QED) is 0.690. The van der Waals surface area contributed by atoms with Crippen LogP contribution in [-0.4, -0.2) is 35.2 Å². The maximum atomic E-state index is 10.2. The number of hydrogen-bond acceptors (Lipinski definition) is 2. The van der Waals surface area contributed by atoms with E-state index in [0.29, 0.717) is 6.04 Å². The molecule has 1 N–H and O–H groups in total. The van der Waals surface area contributed by atoms with Crippen molar-refractivity contribution in [3.8, 4) is 0 Å². The molecule has 3 aliphatic rings. The van der Waals surface area contributed by atoms with Crippen LogP contribution in [0.25, 0.3) is 0 Å². The van der Waals surface area contributed by atoms with Gasteiger partial charge in [0.1, 0.15) is 0 Å². The van der Waals surface area contributed by atoms with Gasteiger partial charge in [0.25, 0.3) is 0 Å². The van der Waals surface area contributed by atoms with E-state index in [1.807, 2.05) is 0 Å². The Labute approximate surface area is 99.0 Å². The molecule has 0 aromatic rings. The smallest absolute Gasteiger partial charge is 0.0695 e. The summed E-state index contributed by atoms with van der Waals surface area (Å²) in [4.78, 5) is 2.63. The van der Waals surface area contributed by atoms with Gasteiger partial charge in [-0.2, -0.15) is 0 Å². The normalized spacial score (nSPS) is 45.6. The minimum Gasteiger partial charge on any atom is -0.391 e. The summed E-state index contributed by atoms with van der Waals surface area (Å²) in [5.41, 5.74) is 0. The first-order valence-corrected chi connectivity index (χ1v) is 7.27. The highest BCUT2D eigenvalue weighted by molar-refractivity contribution is 4.93. The summed E-state index contributed by atoms with van der Waals surface area (Å²) < 4.78 is 0. The fourth-order valence-electron chi connectivity index (χ4n) is 4.24. The van der Waals surface area contributed by atoms with Gasteiger partial charge in [-0.15, -0.1) is 0 Å². The average molecular weight is 223 g/mol. The molecule has 0 aromatic carbocycles. The summed E-state index contributed by atoms with van der Waals surface area (Å²) in [5, 5.41) is 10.2. The first-order valence-electron chi connectivity index (χ1n) is 7.27. The molecule has 1 saturated heterocycles. The molecule has 2 saturated carbocycles. The standard InChI is InChI=1S/C14H25NO/c16-14-8-3-1-2-7-13(14)15-9-11-5-4-6-12(11)10-15/h11-14,16H,1-10H2. The second-order valence-electron chi connectivity index (χ2n) is 6.18. The highest BCUT2D eigenvalue weighted by atomic mass is 16.3. The third-order valence-corrected chi connectivity index (χ3v) is 5.17. The Morgan fingerprint density at radius 1 is 0.750 bits per heavy atom. The molecule has 4 unspecified atom stereocenters. The highest BCUT2D eigenvalue weighted by Crippen LogP contribution is 2.39. The van der Waals surface area contributed by atoms with Crippen LogP contribution in [0, 0.1) is 11.8 Å². The number of aliphatic hydroxyl groups is 1. The zero-order chi connectivity index (χ0) is 11.0. The van der Waals surface area contributed by atoms with Crippen molar-refractivity contribution in [2.24, 2.45) is 11.8 Å². The summed E-state index contributed by atoms with van der Waals surface area (Å²) in [6, 6.07) is 0.494. The van der Waals surface area contributed by atoms with Crippen LogP contribution in [0.2, 0.25) is 0 Å². The summed E-state index contributed by atoms with van der Waals surface area (Å²) in [6.45, 7) is 2.57. The molecule has 0 bridgehead atoms. The molecule has 0 spiro atoms. The Morgan fingerprint density at radius 2 is 1.44 bits per heavy atom. The molecular weight excluding hydrogens is 198 g/mol. The molecule has 1 heterocycles. The van der Waals surface area contributed by atoms with Crippen molar-refractivity contribution in [3.63, 3.8) is 0 Å². The summed E-state index contributed by atoms with van der Waals surface area (Å²) in [6.07, 6.45) is 10.5. The minimum absolute atomic E-state index is 0.0404. The van der Waals surface area contributed by atoms with Crippen LogP contribution in [-0.2, 0) is 0 Å². The SMILES string of the molecule is OC1CCCCCC1N1CC2CCCC2C1. The zero-order valence-electron chi connectivity index (χ0n) is 10.3. The van der Waals surface area contributed by atoms with Crippen LogP contribution in [0.1, 0.15) is 51.4 Å². The van der Waals surface area contributed by atoms with Crippen molar-refractivity contribution in [3.05, 3.63) is 0 Å². The van der Waals surface area contributed by atoms with E-state index < -0.39 is 0 Å². The Balaban J connectivity index is 1.63. The van der Waals surface area contributed by atoms with E-state index in [4.69, 9.17) is 0 Å². The van der Waals surface area contributed by atoms with Gasteiger partial charge in [-0.3, -0.25) is 4.90 Å². The van der Waals surface area contributed by atoms with Crippen LogP contribution in [0.4, 0.5) is 0 Å². The van der Waals surface area contributed by atoms with Gasteiger partial charge in [0.05, 0.1) is 6.10 Å². The molecule has 0 aromatic heterocycles. The van der Waals surface area contributed by atoms with Crippen molar-refractivity contribution in [1.82, 2.24) is 4.90 Å². The van der Waals surface area contributed by atoms with E-state index in [1.165, 1.54) is 58.0 Å². The van der Waals surface area contributed by atoms with Gasteiger partial charge in [-0.25, -0.2) is 0 Å². The van der Waals surface area contributed by atoms with E-state index in [-0.39, 0.29) is 6.10 Å². The number of rotatable bonds is 1. The number of aliphatic hydroxyl groups excluding tert-OH is 1. The molecule has 3 fully saturated rings. The maximum Gasteiger partial charge on any atom is 0.0695 e. The van der Waals surface area contributed by atoms with E-state index in [9.17, 15) is 5.11 Å². The number of nitrogens with zero attached hydrogens (tertiary/aromatic N) is 1. The van der Waals surface area contributed by atoms with Gasteiger partial charge < -0.3 is 5.11 Å². The van der Waals surface area contributed by atoms with E-state index in [2.05, 4.69) is 4.90 Å². The monoisotopic (exact) mass is 223 g/mol. The fraction of sp³-hybridized carbons (Fsp3) is 1.00. The Kier molecular flexibility index (Phi) is 3.21. The largest absolute Gasteiger partial charge is 0.391 e. The fourth-order valence-corrected chi connectivity index (χ4v) is 4.24. The van der Waals surface area contributed by atoms with Crippen LogP contribution in [0.3, 0.4) is 0 Å². The Hall–Kier alpha value is -0.0800. The summed E-state index contributed by atoms with van der Waals surface area (Å²) in [5.74, 6) is 1.94. The Morgan fingerprint density at radius 3 is 2.19 bits per heavy atom. The molecule has 0 amide bonds. The van der Waals surface area contributed by atoms with Gasteiger partial charge >= 0.3 is 0 Å². The number of likely N-dealkylation sites (tertiary alicyclic amines) is 1. The zero-order valence-corrected chi connectivity index (χ0v) is 10.3. The molecule has 0 radical (unpaired) electrons. The highest BCUT2D eigenvalue weighted by Gasteiger charge is 2.40. The minimum atomic E-state index is -0.0404. The van der Waals surface area contributed by atoms with Crippen LogP contribution < -0.4 is 0 Å². The van der Waals surface area contributed by atoms with Gasteiger partial charge in [0.15, 0.2) is 0 Å². The first-order chi connectivity index (χ1) is 7.84. The van der Waals surface area contributed by atoms with E-state index >= 15 is 0 Å². The van der Waals surface area contributed by atoms with Crippen molar-refractivity contribution < 1.29 is 5.11 Å². The predicted molar refractivity (Wildman–Crippen MR) is 65.3 cm³/mol. The van der Waals surface area contributed by atoms with Crippen LogP contribution >= 0.6 is 0 Å². The maximum absolute atomic E-state index is 10.2. The second-order valence-corrected chi connectivity index (χ2v) is 6.18. The predicted octanol–water partition coefficient (Wildman–Crippen LogP) is 2.41. The van der Waals surface area contributed by atoms with Crippen LogP contribution in [0.5, 0.6) is 0 Å². The summed E-state index contributed by atoms with van der Waals surface area (Å²) in [7, 11) is 0. The van der Waals surface area contributed by atoms with Gasteiger partial charge in [0.2, 0.25) is 0 Å². The van der Waals surface area contributed by atoms with Gasteiger partial charge in [0, 0.05) is 19.1 Å². The lowest BCUT2D eigenvalue weighted by atomic mass is 10.0. The summed E-state index contributed by atoms with van der Waals surface area (Å²) >= 11 is 0. The van der Waals surface area contributed by atoms with Crippen LogP contribution in [0.15, 0.2) is 0 Å². The molecule has 4 atom stereocenters. The Bertz CT molecular complexity index is 231. The van der Waals surface area contributed by atoms with Gasteiger partial charge in [-0.05, 0) is 37.5 Å². The lowest BCUT2D eigenvalue weighted by Gasteiger charge is -2.31. The first kappa shape index (κ1) is 11.0. The van der Waals surface area contributed by atoms with Crippen molar-refractivity contribution in [2.45, 2.75) is 63.5 Å². The molecule has 3 rings (SSSR count). The molecule has 2 nitrogen and oxygen atoms in total. The third-order valence-electron chi connectivity index (χ3n) is 5.17. The second kappa shape index (κ2) is 4.66. The number of fused-ring (bicyclic) bond motifs is 1. The molecule has 2 heteroatoms. The lowest BCUT2D eigenvalue weighted by molar-refractivity contribution is 0.0527. The molecular formula is C14H25NO. The average Bonchev–Trinajstić information content (AvgIpc) is 2.77. The lowest BCUT2D eigenvalue weighted by Crippen LogP contribution is -2.42. The molecule has 16 heavy (non-hydrogen) atoms. The van der Waals surface area contributed by atoms with E-state index in [0.717, 1.165) is 18.3 Å². The van der Waals surface area contributed by atoms with Crippen molar-refractivity contribution in [2.75, 3.05) is 13.1 Å². The van der Waals surface area contributed by atoms with Gasteiger partial charge in [-0.1, -0.05) is 25.7 Å².